The minimum absolute atomic E-state index is 0.211. The Bertz CT molecular complexity index is 300. The SMILES string of the molecule is ClPN=P(N1CCCC1)(N1CCCC1)N1CCCC1. The van der Waals surface area contributed by atoms with Crippen molar-refractivity contribution < 1.29 is 0 Å². The first-order valence-corrected chi connectivity index (χ1v) is 11.2. The monoisotopic (exact) mass is 322 g/mol. The molecule has 3 fully saturated rings. The Labute approximate surface area is 123 Å². The average molecular weight is 323 g/mol. The van der Waals surface area contributed by atoms with E-state index in [0.717, 1.165) is 0 Å². The molecule has 3 rings (SSSR count). The quantitative estimate of drug-likeness (QED) is 0.731. The molecule has 4 nitrogen and oxygen atoms in total. The molecular weight excluding hydrogens is 298 g/mol. The summed E-state index contributed by atoms with van der Waals surface area (Å²) in [5, 5.41) is 0. The number of halogens is 1. The summed E-state index contributed by atoms with van der Waals surface area (Å²) in [7, 11) is -1.42. The van der Waals surface area contributed by atoms with Crippen LogP contribution in [0.1, 0.15) is 38.5 Å². The van der Waals surface area contributed by atoms with Gasteiger partial charge in [0.15, 0.2) is 7.51 Å². The van der Waals surface area contributed by atoms with Crippen molar-refractivity contribution in [3.05, 3.63) is 0 Å². The average Bonchev–Trinajstić information content (AvgIpc) is 3.18. The number of rotatable bonds is 4. The summed E-state index contributed by atoms with van der Waals surface area (Å²) in [6, 6.07) is 0. The van der Waals surface area contributed by atoms with Crippen molar-refractivity contribution in [3.63, 3.8) is 0 Å². The van der Waals surface area contributed by atoms with Crippen molar-refractivity contribution in [1.29, 1.82) is 0 Å². The Kier molecular flexibility index (Phi) is 5.22. The van der Waals surface area contributed by atoms with Crippen molar-refractivity contribution in [2.45, 2.75) is 38.5 Å². The summed E-state index contributed by atoms with van der Waals surface area (Å²) >= 11 is 6.13. The molecule has 0 radical (unpaired) electrons. The highest BCUT2D eigenvalue weighted by Gasteiger charge is 2.43. The summed E-state index contributed by atoms with van der Waals surface area (Å²) < 4.78 is 13.2. The van der Waals surface area contributed by atoms with Crippen LogP contribution in [0.5, 0.6) is 0 Å². The van der Waals surface area contributed by atoms with Gasteiger partial charge >= 0.3 is 0 Å². The predicted octanol–water partition coefficient (Wildman–Crippen LogP) is 3.97. The Balaban J connectivity index is 1.96. The number of nitrogens with zero attached hydrogens (tertiary/aromatic N) is 4. The molecule has 0 amide bonds. The maximum Gasteiger partial charge on any atom is 0.172 e. The molecular formula is C12H25ClN4P2. The van der Waals surface area contributed by atoms with Crippen LogP contribution in [0.15, 0.2) is 4.52 Å². The molecule has 7 heteroatoms. The second-order valence-electron chi connectivity index (χ2n) is 5.70. The molecule has 0 aromatic heterocycles. The van der Waals surface area contributed by atoms with Crippen molar-refractivity contribution in [3.8, 4) is 0 Å². The Morgan fingerprint density at radius 2 is 1.00 bits per heavy atom. The van der Waals surface area contributed by atoms with E-state index in [1.54, 1.807) is 0 Å². The van der Waals surface area contributed by atoms with Crippen LogP contribution < -0.4 is 0 Å². The summed E-state index contributed by atoms with van der Waals surface area (Å²) in [6.45, 7) is 7.37. The van der Waals surface area contributed by atoms with Crippen molar-refractivity contribution in [1.82, 2.24) is 14.0 Å². The van der Waals surface area contributed by atoms with Gasteiger partial charge in [-0.05, 0) is 38.5 Å². The second-order valence-corrected chi connectivity index (χ2v) is 9.95. The molecule has 3 heterocycles. The molecule has 0 aromatic rings. The molecule has 0 bridgehead atoms. The van der Waals surface area contributed by atoms with E-state index in [2.05, 4.69) is 14.0 Å². The van der Waals surface area contributed by atoms with E-state index in [1.165, 1.54) is 77.8 Å². The Morgan fingerprint density at radius 3 is 1.26 bits per heavy atom. The molecule has 0 aromatic carbocycles. The topological polar surface area (TPSA) is 22.1 Å². The van der Waals surface area contributed by atoms with Crippen molar-refractivity contribution in [2.75, 3.05) is 39.3 Å². The standard InChI is InChI=1S/C12H25ClN4P2/c13-18-14-19(15-7-1-2-8-15,16-9-3-4-10-16)17-11-5-6-12-17/h18H,1-12H2. The lowest BCUT2D eigenvalue weighted by Crippen LogP contribution is -2.37. The van der Waals surface area contributed by atoms with Crippen LogP contribution in [0.4, 0.5) is 0 Å². The zero-order valence-corrected chi connectivity index (χ0v) is 14.2. The van der Waals surface area contributed by atoms with Crippen LogP contribution in [-0.4, -0.2) is 53.3 Å². The predicted molar refractivity (Wildman–Crippen MR) is 85.9 cm³/mol. The first-order chi connectivity index (χ1) is 9.38. The smallest absolute Gasteiger partial charge is 0.172 e. The largest absolute Gasteiger partial charge is 0.246 e. The van der Waals surface area contributed by atoms with E-state index in [0.29, 0.717) is 0 Å². The lowest BCUT2D eigenvalue weighted by molar-refractivity contribution is 0.385. The van der Waals surface area contributed by atoms with E-state index in [1.807, 2.05) is 0 Å². The number of hydrogen-bond donors (Lipinski definition) is 0. The molecule has 3 aliphatic rings. The van der Waals surface area contributed by atoms with Crippen LogP contribution in [0.3, 0.4) is 0 Å². The summed E-state index contributed by atoms with van der Waals surface area (Å²) in [5.74, 6) is 0. The van der Waals surface area contributed by atoms with E-state index < -0.39 is 7.51 Å². The van der Waals surface area contributed by atoms with Gasteiger partial charge in [0.2, 0.25) is 0 Å². The van der Waals surface area contributed by atoms with E-state index in [4.69, 9.17) is 15.8 Å². The zero-order chi connectivity index (χ0) is 13.1. The van der Waals surface area contributed by atoms with Gasteiger partial charge in [-0.25, -0.2) is 18.5 Å². The van der Waals surface area contributed by atoms with Gasteiger partial charge in [-0.2, -0.15) is 0 Å². The van der Waals surface area contributed by atoms with Gasteiger partial charge in [0.25, 0.3) is 0 Å². The molecule has 0 N–H and O–H groups in total. The fourth-order valence-electron chi connectivity index (χ4n) is 3.68. The molecule has 0 aliphatic carbocycles. The van der Waals surface area contributed by atoms with Crippen molar-refractivity contribution in [2.24, 2.45) is 4.52 Å². The lowest BCUT2D eigenvalue weighted by Gasteiger charge is -2.45. The van der Waals surface area contributed by atoms with E-state index in [-0.39, 0.29) is 8.08 Å². The number of hydrogen-bond acceptors (Lipinski definition) is 1. The fraction of sp³-hybridized carbons (Fsp3) is 1.00. The molecule has 0 saturated carbocycles. The summed E-state index contributed by atoms with van der Waals surface area (Å²) in [4.78, 5) is 0. The summed E-state index contributed by atoms with van der Waals surface area (Å²) in [5.41, 5.74) is 0. The minimum Gasteiger partial charge on any atom is -0.246 e. The third-order valence-corrected chi connectivity index (χ3v) is 10.1. The Hall–Kier alpha value is 0.830. The van der Waals surface area contributed by atoms with Gasteiger partial charge in [-0.1, -0.05) is 11.2 Å². The maximum absolute atomic E-state index is 6.13. The first-order valence-electron chi connectivity index (χ1n) is 7.61. The van der Waals surface area contributed by atoms with Gasteiger partial charge < -0.3 is 0 Å². The van der Waals surface area contributed by atoms with Gasteiger partial charge in [-0.3, -0.25) is 0 Å². The van der Waals surface area contributed by atoms with Crippen LogP contribution in [0.2, 0.25) is 0 Å². The maximum atomic E-state index is 6.13. The van der Waals surface area contributed by atoms with Gasteiger partial charge in [-0.15, -0.1) is 0 Å². The van der Waals surface area contributed by atoms with E-state index >= 15 is 0 Å². The third kappa shape index (κ3) is 2.78. The highest BCUT2D eigenvalue weighted by Crippen LogP contribution is 2.65. The fourth-order valence-corrected chi connectivity index (χ4v) is 10.1. The van der Waals surface area contributed by atoms with Crippen LogP contribution in [-0.2, 0) is 0 Å². The minimum atomic E-state index is -1.63. The third-order valence-electron chi connectivity index (χ3n) is 4.56. The van der Waals surface area contributed by atoms with Crippen molar-refractivity contribution >= 4 is 26.8 Å². The highest BCUT2D eigenvalue weighted by atomic mass is 35.7. The molecule has 1 unspecified atom stereocenters. The molecule has 110 valence electrons. The molecule has 3 aliphatic heterocycles. The van der Waals surface area contributed by atoms with Crippen LogP contribution in [0, 0.1) is 0 Å². The zero-order valence-electron chi connectivity index (χ0n) is 11.6. The van der Waals surface area contributed by atoms with Crippen LogP contribution >= 0.6 is 26.8 Å². The molecule has 1 atom stereocenters. The van der Waals surface area contributed by atoms with E-state index in [9.17, 15) is 0 Å². The van der Waals surface area contributed by atoms with Gasteiger partial charge in [0, 0.05) is 39.3 Å². The first kappa shape index (κ1) is 14.8. The molecule has 0 spiro atoms. The lowest BCUT2D eigenvalue weighted by atomic mass is 10.4. The Morgan fingerprint density at radius 1 is 0.684 bits per heavy atom. The van der Waals surface area contributed by atoms with Gasteiger partial charge in [0.05, 0.1) is 8.08 Å². The second kappa shape index (κ2) is 6.73. The highest BCUT2D eigenvalue weighted by molar-refractivity contribution is 7.74. The van der Waals surface area contributed by atoms with Crippen LogP contribution in [0.25, 0.3) is 0 Å². The van der Waals surface area contributed by atoms with Gasteiger partial charge in [0.1, 0.15) is 0 Å². The normalized spacial score (nSPS) is 28.1. The molecule has 3 saturated heterocycles. The summed E-state index contributed by atoms with van der Waals surface area (Å²) in [6.07, 6.45) is 8.03. The molecule has 19 heavy (non-hydrogen) atoms.